The number of hydrogen-bond donors (Lipinski definition) is 1. The van der Waals surface area contributed by atoms with Crippen molar-refractivity contribution in [1.29, 1.82) is 0 Å². The standard InChI is InChI=1S/C26H31NO4/c1-17-14-18(2)26(16-31-25(28)27-21-8-6-5-7-9-21)15-30-24(23(17)19(26)3)20-10-12-22(29-4)13-11-20/h5-14,18-19,23-24H,15-16H2,1-4H3,(H,27,28)/t18-,19-,23-,24-,26-/m1/s1. The van der Waals surface area contributed by atoms with Crippen LogP contribution in [0, 0.1) is 23.2 Å². The van der Waals surface area contributed by atoms with E-state index in [-0.39, 0.29) is 23.4 Å². The molecule has 31 heavy (non-hydrogen) atoms. The summed E-state index contributed by atoms with van der Waals surface area (Å²) in [5, 5.41) is 2.81. The summed E-state index contributed by atoms with van der Waals surface area (Å²) in [6, 6.07) is 17.5. The molecular formula is C26H31NO4. The van der Waals surface area contributed by atoms with Gasteiger partial charge in [0.05, 0.1) is 19.8 Å². The summed E-state index contributed by atoms with van der Waals surface area (Å²) >= 11 is 0. The lowest BCUT2D eigenvalue weighted by Crippen LogP contribution is -2.54. The maximum Gasteiger partial charge on any atom is 0.411 e. The molecule has 1 saturated heterocycles. The molecule has 2 aliphatic rings. The van der Waals surface area contributed by atoms with Gasteiger partial charge in [0.1, 0.15) is 12.4 Å². The number of carbonyl (C=O) groups is 1. The van der Waals surface area contributed by atoms with Crippen LogP contribution in [-0.4, -0.2) is 26.4 Å². The lowest BCUT2D eigenvalue weighted by atomic mass is 9.56. The second kappa shape index (κ2) is 8.75. The minimum atomic E-state index is -0.430. The van der Waals surface area contributed by atoms with Crippen LogP contribution >= 0.6 is 0 Å². The van der Waals surface area contributed by atoms with Gasteiger partial charge >= 0.3 is 6.09 Å². The van der Waals surface area contributed by atoms with Gasteiger partial charge in [-0.15, -0.1) is 0 Å². The van der Waals surface area contributed by atoms with Gasteiger partial charge in [-0.05, 0) is 48.6 Å². The summed E-state index contributed by atoms with van der Waals surface area (Å²) in [4.78, 5) is 12.4. The fourth-order valence-corrected chi connectivity index (χ4v) is 5.23. The highest BCUT2D eigenvalue weighted by Crippen LogP contribution is 2.56. The van der Waals surface area contributed by atoms with Gasteiger partial charge in [-0.25, -0.2) is 4.79 Å². The number of nitrogens with one attached hydrogen (secondary N) is 1. The van der Waals surface area contributed by atoms with Gasteiger partial charge in [-0.3, -0.25) is 5.32 Å². The minimum absolute atomic E-state index is 0.0177. The number of hydrogen-bond acceptors (Lipinski definition) is 4. The second-order valence-corrected chi connectivity index (χ2v) is 8.82. The Morgan fingerprint density at radius 1 is 1.13 bits per heavy atom. The highest BCUT2D eigenvalue weighted by atomic mass is 16.6. The molecule has 5 nitrogen and oxygen atoms in total. The molecule has 1 heterocycles. The van der Waals surface area contributed by atoms with Crippen molar-refractivity contribution < 1.29 is 19.0 Å². The molecule has 0 spiro atoms. The largest absolute Gasteiger partial charge is 0.497 e. The fraction of sp³-hybridized carbons (Fsp3) is 0.423. The van der Waals surface area contributed by atoms with Gasteiger partial charge in [0.2, 0.25) is 0 Å². The molecule has 1 N–H and O–H groups in total. The fourth-order valence-electron chi connectivity index (χ4n) is 5.23. The Kier molecular flexibility index (Phi) is 6.05. The minimum Gasteiger partial charge on any atom is -0.497 e. The number of anilines is 1. The average Bonchev–Trinajstić information content (AvgIpc) is 2.77. The van der Waals surface area contributed by atoms with Gasteiger partial charge in [0, 0.05) is 17.0 Å². The molecule has 1 fully saturated rings. The third kappa shape index (κ3) is 4.07. The van der Waals surface area contributed by atoms with Crippen molar-refractivity contribution in [3.8, 4) is 5.75 Å². The molecule has 1 amide bonds. The Balaban J connectivity index is 1.51. The van der Waals surface area contributed by atoms with Crippen LogP contribution in [0.4, 0.5) is 10.5 Å². The zero-order chi connectivity index (χ0) is 22.0. The number of ether oxygens (including phenoxy) is 3. The summed E-state index contributed by atoms with van der Waals surface area (Å²) in [6.07, 6.45) is 1.89. The Labute approximate surface area is 184 Å². The van der Waals surface area contributed by atoms with Gasteiger partial charge in [-0.1, -0.05) is 55.8 Å². The molecule has 1 aliphatic carbocycles. The van der Waals surface area contributed by atoms with Crippen molar-refractivity contribution in [1.82, 2.24) is 0 Å². The van der Waals surface area contributed by atoms with Crippen molar-refractivity contribution in [3.63, 3.8) is 0 Å². The van der Waals surface area contributed by atoms with Crippen molar-refractivity contribution in [2.75, 3.05) is 25.6 Å². The maximum absolute atomic E-state index is 12.4. The Hall–Kier alpha value is -2.79. The zero-order valence-corrected chi connectivity index (χ0v) is 18.6. The summed E-state index contributed by atoms with van der Waals surface area (Å²) in [7, 11) is 1.67. The van der Waals surface area contributed by atoms with E-state index in [9.17, 15) is 4.79 Å². The van der Waals surface area contributed by atoms with E-state index in [4.69, 9.17) is 14.2 Å². The van der Waals surface area contributed by atoms with Crippen LogP contribution in [0.15, 0.2) is 66.2 Å². The van der Waals surface area contributed by atoms with Crippen molar-refractivity contribution in [2.24, 2.45) is 23.2 Å². The number of methoxy groups -OCH3 is 1. The Morgan fingerprint density at radius 3 is 2.52 bits per heavy atom. The Morgan fingerprint density at radius 2 is 1.84 bits per heavy atom. The molecule has 1 aliphatic heterocycles. The molecule has 5 heteroatoms. The van der Waals surface area contributed by atoms with Crippen LogP contribution in [-0.2, 0) is 9.47 Å². The van der Waals surface area contributed by atoms with Crippen LogP contribution in [0.5, 0.6) is 5.75 Å². The molecule has 5 atom stereocenters. The predicted octanol–water partition coefficient (Wildman–Crippen LogP) is 5.85. The molecular weight excluding hydrogens is 390 g/mol. The first-order valence-electron chi connectivity index (χ1n) is 10.9. The SMILES string of the molecule is COc1ccc([C@H]2OC[C@@]3(COC(=O)Nc4ccccc4)[C@H](C)C=C(C)[C@@H]2[C@H]3C)cc1. The smallest absolute Gasteiger partial charge is 0.411 e. The van der Waals surface area contributed by atoms with Crippen molar-refractivity contribution in [3.05, 3.63) is 71.8 Å². The molecule has 2 aromatic carbocycles. The number of fused-ring (bicyclic) bond motifs is 2. The first kappa shape index (κ1) is 21.4. The van der Waals surface area contributed by atoms with E-state index >= 15 is 0 Å². The molecule has 0 saturated carbocycles. The molecule has 0 unspecified atom stereocenters. The zero-order valence-electron chi connectivity index (χ0n) is 18.6. The Bertz CT molecular complexity index is 940. The maximum atomic E-state index is 12.4. The monoisotopic (exact) mass is 421 g/mol. The van der Waals surface area contributed by atoms with Gasteiger partial charge < -0.3 is 14.2 Å². The van der Waals surface area contributed by atoms with Crippen molar-refractivity contribution >= 4 is 11.8 Å². The number of rotatable bonds is 5. The highest BCUT2D eigenvalue weighted by molar-refractivity contribution is 5.84. The van der Waals surface area contributed by atoms with Crippen molar-refractivity contribution in [2.45, 2.75) is 26.9 Å². The first-order chi connectivity index (χ1) is 14.9. The van der Waals surface area contributed by atoms with Gasteiger partial charge in [-0.2, -0.15) is 0 Å². The average molecular weight is 422 g/mol. The summed E-state index contributed by atoms with van der Waals surface area (Å²) in [6.45, 7) is 7.53. The molecule has 2 aromatic rings. The number of amides is 1. The van der Waals surface area contributed by atoms with E-state index in [0.29, 0.717) is 19.1 Å². The van der Waals surface area contributed by atoms with E-state index in [0.717, 1.165) is 17.0 Å². The topological polar surface area (TPSA) is 56.8 Å². The normalized spacial score (nSPS) is 29.6. The van der Waals surface area contributed by atoms with Crippen LogP contribution in [0.1, 0.15) is 32.4 Å². The van der Waals surface area contributed by atoms with E-state index in [1.165, 1.54) is 5.57 Å². The van der Waals surface area contributed by atoms with Gasteiger partial charge in [0.15, 0.2) is 0 Å². The molecule has 2 bridgehead atoms. The molecule has 0 aromatic heterocycles. The van der Waals surface area contributed by atoms with E-state index in [1.54, 1.807) is 7.11 Å². The summed E-state index contributed by atoms with van der Waals surface area (Å²) in [5.41, 5.74) is 2.96. The van der Waals surface area contributed by atoms with Crippen LogP contribution in [0.25, 0.3) is 0 Å². The highest BCUT2D eigenvalue weighted by Gasteiger charge is 2.54. The van der Waals surface area contributed by atoms with Crippen LogP contribution < -0.4 is 10.1 Å². The molecule has 0 radical (unpaired) electrons. The van der Waals surface area contributed by atoms with Gasteiger partial charge in [0.25, 0.3) is 0 Å². The third-order valence-electron chi connectivity index (χ3n) is 7.19. The van der Waals surface area contributed by atoms with Crippen LogP contribution in [0.3, 0.4) is 0 Å². The number of carbonyl (C=O) groups excluding carboxylic acids is 1. The predicted molar refractivity (Wildman–Crippen MR) is 121 cm³/mol. The number of benzene rings is 2. The van der Waals surface area contributed by atoms with E-state index in [1.807, 2.05) is 42.5 Å². The number of para-hydroxylation sites is 1. The second-order valence-electron chi connectivity index (χ2n) is 8.82. The van der Waals surface area contributed by atoms with E-state index < -0.39 is 6.09 Å². The molecule has 4 rings (SSSR count). The molecule has 164 valence electrons. The lowest BCUT2D eigenvalue weighted by Gasteiger charge is -2.55. The number of allylic oxidation sites excluding steroid dienone is 1. The van der Waals surface area contributed by atoms with E-state index in [2.05, 4.69) is 44.3 Å². The quantitative estimate of drug-likeness (QED) is 0.615. The lowest BCUT2D eigenvalue weighted by molar-refractivity contribution is -0.165. The van der Waals surface area contributed by atoms with Crippen LogP contribution in [0.2, 0.25) is 0 Å². The summed E-state index contributed by atoms with van der Waals surface area (Å²) in [5.74, 6) is 1.63. The third-order valence-corrected chi connectivity index (χ3v) is 7.19. The summed E-state index contributed by atoms with van der Waals surface area (Å²) < 4.78 is 17.5. The first-order valence-corrected chi connectivity index (χ1v) is 10.9.